The van der Waals surface area contributed by atoms with Crippen molar-refractivity contribution in [2.24, 2.45) is 0 Å². The molecule has 1 aromatic carbocycles. The summed E-state index contributed by atoms with van der Waals surface area (Å²) in [6.45, 7) is 8.18. The second-order valence-corrected chi connectivity index (χ2v) is 9.07. The fraction of sp³-hybridized carbons (Fsp3) is 0.696. The molecule has 2 saturated heterocycles. The number of ether oxygens (including phenoxy) is 2. The van der Waals surface area contributed by atoms with Crippen molar-refractivity contribution in [3.63, 3.8) is 0 Å². The first-order valence-electron chi connectivity index (χ1n) is 11.4. The van der Waals surface area contributed by atoms with E-state index >= 15 is 0 Å². The van der Waals surface area contributed by atoms with Crippen LogP contribution in [0.3, 0.4) is 0 Å². The molecule has 2 atom stereocenters. The molecule has 2 unspecified atom stereocenters. The summed E-state index contributed by atoms with van der Waals surface area (Å²) in [5.41, 5.74) is 0. The lowest BCUT2D eigenvalue weighted by Gasteiger charge is -2.50. The summed E-state index contributed by atoms with van der Waals surface area (Å²) in [7, 11) is 0. The summed E-state index contributed by atoms with van der Waals surface area (Å²) in [6.07, 6.45) is 6.18. The number of amides is 1. The predicted molar refractivity (Wildman–Crippen MR) is 111 cm³/mol. The van der Waals surface area contributed by atoms with Crippen LogP contribution in [0, 0.1) is 0 Å². The van der Waals surface area contributed by atoms with E-state index in [1.807, 2.05) is 36.1 Å². The third-order valence-corrected chi connectivity index (χ3v) is 7.22. The zero-order valence-corrected chi connectivity index (χ0v) is 17.5. The zero-order chi connectivity index (χ0) is 19.8. The molecule has 0 spiro atoms. The lowest BCUT2D eigenvalue weighted by molar-refractivity contribution is -0.152. The van der Waals surface area contributed by atoms with Gasteiger partial charge in [0.25, 0.3) is 5.91 Å². The van der Waals surface area contributed by atoms with Gasteiger partial charge in [-0.3, -0.25) is 14.6 Å². The number of nitrogens with zero attached hydrogens (tertiary/aromatic N) is 3. The molecule has 5 rings (SSSR count). The number of rotatable bonds is 3. The number of para-hydroxylation sites is 2. The van der Waals surface area contributed by atoms with Gasteiger partial charge in [-0.05, 0) is 31.9 Å². The highest BCUT2D eigenvalue weighted by atomic mass is 16.6. The minimum atomic E-state index is -0.547. The molecule has 158 valence electrons. The SMILES string of the molecule is CC1Oc2ccccc2OC1C(=O)N1CC(N2CCN(C3CCCCC3)CC2)C1. The smallest absolute Gasteiger partial charge is 0.267 e. The molecule has 3 heterocycles. The van der Waals surface area contributed by atoms with Gasteiger partial charge in [0.15, 0.2) is 11.5 Å². The molecule has 4 aliphatic rings. The largest absolute Gasteiger partial charge is 0.482 e. The molecule has 1 amide bonds. The van der Waals surface area contributed by atoms with Gasteiger partial charge >= 0.3 is 0 Å². The van der Waals surface area contributed by atoms with Gasteiger partial charge in [0, 0.05) is 51.4 Å². The molecular weight excluding hydrogens is 366 g/mol. The van der Waals surface area contributed by atoms with Crippen molar-refractivity contribution in [1.82, 2.24) is 14.7 Å². The third kappa shape index (κ3) is 3.84. The molecule has 3 aliphatic heterocycles. The highest BCUT2D eigenvalue weighted by Gasteiger charge is 2.43. The van der Waals surface area contributed by atoms with Gasteiger partial charge in [0.2, 0.25) is 6.10 Å². The molecule has 0 N–H and O–H groups in total. The number of benzene rings is 1. The van der Waals surface area contributed by atoms with Crippen LogP contribution in [-0.2, 0) is 4.79 Å². The quantitative estimate of drug-likeness (QED) is 0.781. The zero-order valence-electron chi connectivity index (χ0n) is 17.5. The van der Waals surface area contributed by atoms with E-state index in [0.717, 1.165) is 38.0 Å². The van der Waals surface area contributed by atoms with Crippen molar-refractivity contribution in [3.05, 3.63) is 24.3 Å². The van der Waals surface area contributed by atoms with Crippen molar-refractivity contribution < 1.29 is 14.3 Å². The molecule has 6 nitrogen and oxygen atoms in total. The van der Waals surface area contributed by atoms with Crippen LogP contribution in [0.15, 0.2) is 24.3 Å². The van der Waals surface area contributed by atoms with Crippen molar-refractivity contribution >= 4 is 5.91 Å². The van der Waals surface area contributed by atoms with E-state index in [9.17, 15) is 4.79 Å². The monoisotopic (exact) mass is 399 g/mol. The summed E-state index contributed by atoms with van der Waals surface area (Å²) in [4.78, 5) is 20.2. The Bertz CT molecular complexity index is 722. The van der Waals surface area contributed by atoms with Gasteiger partial charge in [-0.25, -0.2) is 0 Å². The highest BCUT2D eigenvalue weighted by molar-refractivity contribution is 5.83. The fourth-order valence-electron chi connectivity index (χ4n) is 5.35. The Hall–Kier alpha value is -1.79. The van der Waals surface area contributed by atoms with Gasteiger partial charge in [-0.15, -0.1) is 0 Å². The van der Waals surface area contributed by atoms with Crippen LogP contribution in [-0.4, -0.2) is 84.2 Å². The maximum Gasteiger partial charge on any atom is 0.267 e. The average molecular weight is 400 g/mol. The number of fused-ring (bicyclic) bond motifs is 1. The average Bonchev–Trinajstić information content (AvgIpc) is 2.73. The second-order valence-electron chi connectivity index (χ2n) is 9.07. The van der Waals surface area contributed by atoms with Crippen molar-refractivity contribution in [2.45, 2.75) is 63.3 Å². The first-order chi connectivity index (χ1) is 14.2. The first kappa shape index (κ1) is 19.2. The summed E-state index contributed by atoms with van der Waals surface area (Å²) >= 11 is 0. The Balaban J connectivity index is 1.10. The van der Waals surface area contributed by atoms with E-state index in [1.54, 1.807) is 0 Å². The van der Waals surface area contributed by atoms with E-state index in [1.165, 1.54) is 45.2 Å². The van der Waals surface area contributed by atoms with E-state index in [-0.39, 0.29) is 12.0 Å². The second kappa shape index (κ2) is 8.15. The number of carbonyl (C=O) groups excluding carboxylic acids is 1. The number of likely N-dealkylation sites (tertiary alicyclic amines) is 1. The summed E-state index contributed by atoms with van der Waals surface area (Å²) < 4.78 is 11.9. The van der Waals surface area contributed by atoms with E-state index < -0.39 is 6.10 Å². The lowest BCUT2D eigenvalue weighted by atomic mass is 9.93. The van der Waals surface area contributed by atoms with Gasteiger partial charge in [0.1, 0.15) is 6.10 Å². The van der Waals surface area contributed by atoms with Crippen LogP contribution < -0.4 is 9.47 Å². The number of carbonyl (C=O) groups is 1. The lowest BCUT2D eigenvalue weighted by Crippen LogP contribution is -2.67. The van der Waals surface area contributed by atoms with Crippen molar-refractivity contribution in [3.8, 4) is 11.5 Å². The summed E-state index contributed by atoms with van der Waals surface area (Å²) in [5.74, 6) is 1.45. The molecular formula is C23H33N3O3. The molecule has 1 aromatic rings. The molecule has 1 aliphatic carbocycles. The molecule has 0 aromatic heterocycles. The minimum absolute atomic E-state index is 0.0593. The Morgan fingerprint density at radius 2 is 1.45 bits per heavy atom. The Kier molecular flexibility index (Phi) is 5.39. The van der Waals surface area contributed by atoms with Crippen LogP contribution >= 0.6 is 0 Å². The van der Waals surface area contributed by atoms with Gasteiger partial charge in [0.05, 0.1) is 0 Å². The molecule has 6 heteroatoms. The van der Waals surface area contributed by atoms with E-state index in [4.69, 9.17) is 9.47 Å². The maximum absolute atomic E-state index is 13.0. The van der Waals surface area contributed by atoms with Crippen LogP contribution in [0.5, 0.6) is 11.5 Å². The Morgan fingerprint density at radius 3 is 2.10 bits per heavy atom. The molecule has 0 radical (unpaired) electrons. The molecule has 3 fully saturated rings. The number of piperazine rings is 1. The molecule has 29 heavy (non-hydrogen) atoms. The van der Waals surface area contributed by atoms with Crippen LogP contribution in [0.2, 0.25) is 0 Å². The minimum Gasteiger partial charge on any atom is -0.482 e. The standard InChI is InChI=1S/C23H33N3O3/c1-17-22(29-21-10-6-5-9-20(21)28-17)23(27)26-15-19(16-26)25-13-11-24(12-14-25)18-7-3-2-4-8-18/h5-6,9-10,17-19,22H,2-4,7-8,11-16H2,1H3. The highest BCUT2D eigenvalue weighted by Crippen LogP contribution is 2.34. The Morgan fingerprint density at radius 1 is 0.862 bits per heavy atom. The number of hydrogen-bond donors (Lipinski definition) is 0. The number of hydrogen-bond acceptors (Lipinski definition) is 5. The van der Waals surface area contributed by atoms with Gasteiger partial charge in [-0.1, -0.05) is 31.4 Å². The topological polar surface area (TPSA) is 45.3 Å². The van der Waals surface area contributed by atoms with Crippen molar-refractivity contribution in [2.75, 3.05) is 39.3 Å². The van der Waals surface area contributed by atoms with Gasteiger partial charge in [-0.2, -0.15) is 0 Å². The van der Waals surface area contributed by atoms with Crippen LogP contribution in [0.1, 0.15) is 39.0 Å². The third-order valence-electron chi connectivity index (χ3n) is 7.22. The van der Waals surface area contributed by atoms with Gasteiger partial charge < -0.3 is 14.4 Å². The van der Waals surface area contributed by atoms with Crippen LogP contribution in [0.4, 0.5) is 0 Å². The predicted octanol–water partition coefficient (Wildman–Crippen LogP) is 2.38. The van der Waals surface area contributed by atoms with E-state index in [0.29, 0.717) is 11.8 Å². The summed E-state index contributed by atoms with van der Waals surface area (Å²) in [6, 6.07) is 8.90. The first-order valence-corrected chi connectivity index (χ1v) is 11.4. The van der Waals surface area contributed by atoms with Crippen LogP contribution in [0.25, 0.3) is 0 Å². The molecule has 1 saturated carbocycles. The fourth-order valence-corrected chi connectivity index (χ4v) is 5.35. The Labute approximate surface area is 173 Å². The van der Waals surface area contributed by atoms with E-state index in [2.05, 4.69) is 9.80 Å². The maximum atomic E-state index is 13.0. The normalized spacial score (nSPS) is 29.5. The summed E-state index contributed by atoms with van der Waals surface area (Å²) in [5, 5.41) is 0. The molecule has 0 bridgehead atoms. The van der Waals surface area contributed by atoms with Crippen molar-refractivity contribution in [1.29, 1.82) is 0 Å².